The van der Waals surface area contributed by atoms with Crippen molar-refractivity contribution in [3.05, 3.63) is 33.8 Å². The topological polar surface area (TPSA) is 15.3 Å². The van der Waals surface area contributed by atoms with Gasteiger partial charge in [-0.25, -0.2) is 0 Å². The number of nitrogens with zero attached hydrogens (tertiary/aromatic N) is 1. The molecule has 1 aromatic carbocycles. The Morgan fingerprint density at radius 2 is 2.05 bits per heavy atom. The number of hydrogen-bond donors (Lipinski definition) is 1. The van der Waals surface area contributed by atoms with Gasteiger partial charge in [-0.05, 0) is 44.9 Å². The Morgan fingerprint density at radius 1 is 1.32 bits per heavy atom. The predicted molar refractivity (Wildman–Crippen MR) is 88.8 cm³/mol. The molecule has 0 bridgehead atoms. The number of rotatable bonds is 8. The lowest BCUT2D eigenvalue weighted by Crippen LogP contribution is -2.27. The Kier molecular flexibility index (Phi) is 8.19. The zero-order chi connectivity index (χ0) is 14.3. The third-order valence-electron chi connectivity index (χ3n) is 3.18. The summed E-state index contributed by atoms with van der Waals surface area (Å²) in [4.78, 5) is 2.35. The van der Waals surface area contributed by atoms with Crippen LogP contribution in [0.1, 0.15) is 18.0 Å². The van der Waals surface area contributed by atoms with Crippen molar-refractivity contribution < 1.29 is 0 Å². The standard InChI is InChI=1S/C14H22Cl2N2S/c1-17-13(7-8-18(2)9-10-19-3)11-5-4-6-12(15)14(11)16/h4-6,13,17H,7-10H2,1-3H3. The Hall–Kier alpha value is 0.0700. The van der Waals surface area contributed by atoms with Crippen molar-refractivity contribution >= 4 is 35.0 Å². The largest absolute Gasteiger partial charge is 0.313 e. The van der Waals surface area contributed by atoms with Crippen LogP contribution in [0.15, 0.2) is 18.2 Å². The van der Waals surface area contributed by atoms with Crippen LogP contribution in [0, 0.1) is 0 Å². The van der Waals surface area contributed by atoms with E-state index >= 15 is 0 Å². The molecular weight excluding hydrogens is 299 g/mol. The normalized spacial score (nSPS) is 12.9. The minimum absolute atomic E-state index is 0.239. The Morgan fingerprint density at radius 3 is 2.68 bits per heavy atom. The van der Waals surface area contributed by atoms with Crippen LogP contribution in [0.5, 0.6) is 0 Å². The van der Waals surface area contributed by atoms with Crippen LogP contribution in [0.4, 0.5) is 0 Å². The highest BCUT2D eigenvalue weighted by molar-refractivity contribution is 7.98. The highest BCUT2D eigenvalue weighted by Crippen LogP contribution is 2.31. The summed E-state index contributed by atoms with van der Waals surface area (Å²) in [5.41, 5.74) is 1.08. The molecule has 1 rings (SSSR count). The van der Waals surface area contributed by atoms with Gasteiger partial charge in [-0.15, -0.1) is 0 Å². The maximum Gasteiger partial charge on any atom is 0.0640 e. The summed E-state index contributed by atoms with van der Waals surface area (Å²) >= 11 is 14.2. The van der Waals surface area contributed by atoms with E-state index in [1.165, 1.54) is 5.75 Å². The van der Waals surface area contributed by atoms with E-state index in [2.05, 4.69) is 23.5 Å². The molecule has 1 atom stereocenters. The number of hydrogen-bond acceptors (Lipinski definition) is 3. The second kappa shape index (κ2) is 9.09. The molecule has 0 fully saturated rings. The van der Waals surface area contributed by atoms with Gasteiger partial charge in [0.25, 0.3) is 0 Å². The number of nitrogens with one attached hydrogen (secondary N) is 1. The molecule has 0 aliphatic heterocycles. The van der Waals surface area contributed by atoms with Crippen LogP contribution in [-0.4, -0.2) is 44.1 Å². The molecule has 1 unspecified atom stereocenters. The molecule has 0 saturated heterocycles. The highest BCUT2D eigenvalue weighted by atomic mass is 35.5. The van der Waals surface area contributed by atoms with Gasteiger partial charge in [0.15, 0.2) is 0 Å². The van der Waals surface area contributed by atoms with Gasteiger partial charge in [-0.1, -0.05) is 35.3 Å². The van der Waals surface area contributed by atoms with Crippen molar-refractivity contribution in [2.45, 2.75) is 12.5 Å². The molecular formula is C14H22Cl2N2S. The maximum atomic E-state index is 6.28. The first-order chi connectivity index (χ1) is 9.10. The zero-order valence-corrected chi connectivity index (χ0v) is 14.1. The summed E-state index contributed by atoms with van der Waals surface area (Å²) in [6.45, 7) is 2.15. The minimum Gasteiger partial charge on any atom is -0.313 e. The van der Waals surface area contributed by atoms with E-state index in [0.717, 1.165) is 25.1 Å². The molecule has 1 N–H and O–H groups in total. The fourth-order valence-corrected chi connectivity index (χ4v) is 2.89. The molecule has 0 amide bonds. The molecule has 108 valence electrons. The predicted octanol–water partition coefficient (Wildman–Crippen LogP) is 3.94. The number of thioether (sulfide) groups is 1. The lowest BCUT2D eigenvalue weighted by molar-refractivity contribution is 0.328. The molecule has 2 nitrogen and oxygen atoms in total. The third kappa shape index (κ3) is 5.52. The van der Waals surface area contributed by atoms with E-state index in [0.29, 0.717) is 10.0 Å². The van der Waals surface area contributed by atoms with Gasteiger partial charge in [-0.3, -0.25) is 0 Å². The first-order valence-electron chi connectivity index (χ1n) is 6.38. The van der Waals surface area contributed by atoms with Crippen LogP contribution in [0.25, 0.3) is 0 Å². The SMILES string of the molecule is CNC(CCN(C)CCSC)c1cccc(Cl)c1Cl. The van der Waals surface area contributed by atoms with Gasteiger partial charge in [0.1, 0.15) is 0 Å². The van der Waals surface area contributed by atoms with E-state index in [1.54, 1.807) is 0 Å². The molecule has 1 aromatic rings. The average Bonchev–Trinajstić information content (AvgIpc) is 2.41. The molecule has 0 heterocycles. The lowest BCUT2D eigenvalue weighted by Gasteiger charge is -2.22. The van der Waals surface area contributed by atoms with E-state index in [9.17, 15) is 0 Å². The molecule has 5 heteroatoms. The fourth-order valence-electron chi connectivity index (χ4n) is 1.95. The van der Waals surface area contributed by atoms with E-state index < -0.39 is 0 Å². The summed E-state index contributed by atoms with van der Waals surface area (Å²) in [5.74, 6) is 1.17. The van der Waals surface area contributed by atoms with Crippen LogP contribution < -0.4 is 5.32 Å². The number of benzene rings is 1. The van der Waals surface area contributed by atoms with Crippen molar-refractivity contribution in [3.8, 4) is 0 Å². The smallest absolute Gasteiger partial charge is 0.0640 e. The first-order valence-corrected chi connectivity index (χ1v) is 8.53. The molecule has 0 spiro atoms. The van der Waals surface area contributed by atoms with Crippen LogP contribution in [-0.2, 0) is 0 Å². The molecule has 0 saturated carbocycles. The van der Waals surface area contributed by atoms with E-state index in [-0.39, 0.29) is 6.04 Å². The summed E-state index contributed by atoms with van der Waals surface area (Å²) in [6, 6.07) is 6.05. The van der Waals surface area contributed by atoms with Gasteiger partial charge < -0.3 is 10.2 Å². The maximum absolute atomic E-state index is 6.28. The Bertz CT molecular complexity index is 388. The second-order valence-electron chi connectivity index (χ2n) is 4.57. The van der Waals surface area contributed by atoms with E-state index in [1.807, 2.05) is 37.0 Å². The van der Waals surface area contributed by atoms with Crippen LogP contribution >= 0.6 is 35.0 Å². The van der Waals surface area contributed by atoms with Gasteiger partial charge in [0, 0.05) is 18.3 Å². The fraction of sp³-hybridized carbons (Fsp3) is 0.571. The number of halogens is 2. The molecule has 0 aromatic heterocycles. The van der Waals surface area contributed by atoms with E-state index in [4.69, 9.17) is 23.2 Å². The second-order valence-corrected chi connectivity index (χ2v) is 6.34. The molecule has 0 aliphatic carbocycles. The van der Waals surface area contributed by atoms with Gasteiger partial charge >= 0.3 is 0 Å². The quantitative estimate of drug-likeness (QED) is 0.781. The van der Waals surface area contributed by atoms with Crippen molar-refractivity contribution in [1.82, 2.24) is 10.2 Å². The highest BCUT2D eigenvalue weighted by Gasteiger charge is 2.15. The third-order valence-corrected chi connectivity index (χ3v) is 4.61. The lowest BCUT2D eigenvalue weighted by atomic mass is 10.0. The van der Waals surface area contributed by atoms with Crippen molar-refractivity contribution in [1.29, 1.82) is 0 Å². The van der Waals surface area contributed by atoms with Gasteiger partial charge in [-0.2, -0.15) is 11.8 Å². The Balaban J connectivity index is 2.60. The summed E-state index contributed by atoms with van der Waals surface area (Å²) in [7, 11) is 4.12. The van der Waals surface area contributed by atoms with Crippen LogP contribution in [0.2, 0.25) is 10.0 Å². The summed E-state index contributed by atoms with van der Waals surface area (Å²) in [6.07, 6.45) is 3.15. The van der Waals surface area contributed by atoms with Gasteiger partial charge in [0.2, 0.25) is 0 Å². The summed E-state index contributed by atoms with van der Waals surface area (Å²) in [5, 5.41) is 4.61. The zero-order valence-electron chi connectivity index (χ0n) is 11.7. The van der Waals surface area contributed by atoms with Crippen molar-refractivity contribution in [2.24, 2.45) is 0 Å². The molecule has 0 aliphatic rings. The van der Waals surface area contributed by atoms with Gasteiger partial charge in [0.05, 0.1) is 10.0 Å². The summed E-state index contributed by atoms with van der Waals surface area (Å²) < 4.78 is 0. The van der Waals surface area contributed by atoms with Crippen molar-refractivity contribution in [3.63, 3.8) is 0 Å². The molecule has 19 heavy (non-hydrogen) atoms. The Labute approximate surface area is 130 Å². The monoisotopic (exact) mass is 320 g/mol. The first kappa shape index (κ1) is 17.1. The average molecular weight is 321 g/mol. The van der Waals surface area contributed by atoms with Crippen molar-refractivity contribution in [2.75, 3.05) is 39.2 Å². The molecule has 0 radical (unpaired) electrons. The van der Waals surface area contributed by atoms with Crippen LogP contribution in [0.3, 0.4) is 0 Å². The minimum atomic E-state index is 0.239.